The molecule has 0 fully saturated rings. The van der Waals surface area contributed by atoms with Crippen LogP contribution in [-0.4, -0.2) is 15.9 Å². The van der Waals surface area contributed by atoms with Crippen molar-refractivity contribution >= 4 is 11.6 Å². The fourth-order valence-corrected chi connectivity index (χ4v) is 1.22. The van der Waals surface area contributed by atoms with E-state index in [2.05, 4.69) is 15.3 Å². The predicted octanol–water partition coefficient (Wildman–Crippen LogP) is 2.01. The second-order valence-electron chi connectivity index (χ2n) is 3.15. The molecule has 0 spiro atoms. The van der Waals surface area contributed by atoms with Gasteiger partial charge in [0.15, 0.2) is 5.82 Å². The fourth-order valence-electron chi connectivity index (χ4n) is 1.22. The molecule has 2 rings (SSSR count). The lowest BCUT2D eigenvalue weighted by Crippen LogP contribution is -2.15. The van der Waals surface area contributed by atoms with Crippen molar-refractivity contribution in [3.05, 3.63) is 54.1 Å². The maximum Gasteiger partial charge on any atom is 0.260 e. The molecule has 0 saturated carbocycles. The zero-order valence-electron chi connectivity index (χ0n) is 8.52. The maximum absolute atomic E-state index is 13.2. The Balaban J connectivity index is 2.24. The Labute approximate surface area is 95.3 Å². The number of carbonyl (C=O) groups excluding carboxylic acids is 1. The Kier molecular flexibility index (Phi) is 3.04. The zero-order chi connectivity index (χ0) is 12.3. The van der Waals surface area contributed by atoms with Crippen molar-refractivity contribution < 1.29 is 13.6 Å². The molecule has 2 heterocycles. The van der Waals surface area contributed by atoms with Crippen LogP contribution in [0.25, 0.3) is 0 Å². The Morgan fingerprint density at radius 3 is 2.76 bits per heavy atom. The minimum Gasteiger partial charge on any atom is -0.319 e. The molecule has 6 heteroatoms. The van der Waals surface area contributed by atoms with Crippen LogP contribution in [0.5, 0.6) is 0 Å². The summed E-state index contributed by atoms with van der Waals surface area (Å²) in [5.41, 5.74) is -0.308. The molecule has 0 bridgehead atoms. The Morgan fingerprint density at radius 1 is 1.24 bits per heavy atom. The number of nitrogens with zero attached hydrogens (tertiary/aromatic N) is 2. The van der Waals surface area contributed by atoms with Gasteiger partial charge < -0.3 is 5.32 Å². The highest BCUT2D eigenvalue weighted by atomic mass is 19.1. The first kappa shape index (κ1) is 11.1. The molecule has 0 aliphatic rings. The summed E-state index contributed by atoms with van der Waals surface area (Å²) in [7, 11) is 0. The van der Waals surface area contributed by atoms with Crippen molar-refractivity contribution in [1.82, 2.24) is 9.97 Å². The number of hydrogen-bond donors (Lipinski definition) is 1. The highest BCUT2D eigenvalue weighted by molar-refractivity contribution is 6.04. The van der Waals surface area contributed by atoms with Crippen molar-refractivity contribution in [2.45, 2.75) is 0 Å². The van der Waals surface area contributed by atoms with Crippen LogP contribution in [-0.2, 0) is 0 Å². The van der Waals surface area contributed by atoms with Gasteiger partial charge in [-0.3, -0.25) is 9.78 Å². The third-order valence-corrected chi connectivity index (χ3v) is 2.02. The van der Waals surface area contributed by atoms with Crippen LogP contribution in [0.15, 0.2) is 36.8 Å². The molecule has 0 saturated heterocycles. The van der Waals surface area contributed by atoms with E-state index < -0.39 is 17.7 Å². The summed E-state index contributed by atoms with van der Waals surface area (Å²) in [5.74, 6) is -2.36. The highest BCUT2D eigenvalue weighted by Gasteiger charge is 2.13. The molecule has 0 radical (unpaired) electrons. The third-order valence-electron chi connectivity index (χ3n) is 2.02. The van der Waals surface area contributed by atoms with E-state index in [1.165, 1.54) is 30.6 Å². The molecule has 0 aliphatic heterocycles. The van der Waals surface area contributed by atoms with E-state index in [1.54, 1.807) is 0 Å². The number of rotatable bonds is 2. The van der Waals surface area contributed by atoms with E-state index >= 15 is 0 Å². The number of carbonyl (C=O) groups is 1. The van der Waals surface area contributed by atoms with Crippen LogP contribution in [0.3, 0.4) is 0 Å². The van der Waals surface area contributed by atoms with Gasteiger partial charge in [0, 0.05) is 12.4 Å². The first-order valence-electron chi connectivity index (χ1n) is 4.70. The number of halogens is 2. The first-order valence-corrected chi connectivity index (χ1v) is 4.70. The van der Waals surface area contributed by atoms with Crippen LogP contribution in [0.4, 0.5) is 14.5 Å². The third kappa shape index (κ3) is 2.41. The molecule has 17 heavy (non-hydrogen) atoms. The lowest BCUT2D eigenvalue weighted by molar-refractivity contribution is 0.102. The highest BCUT2D eigenvalue weighted by Crippen LogP contribution is 2.13. The van der Waals surface area contributed by atoms with Crippen LogP contribution in [0, 0.1) is 11.8 Å². The quantitative estimate of drug-likeness (QED) is 0.810. The number of pyridine rings is 2. The smallest absolute Gasteiger partial charge is 0.260 e. The summed E-state index contributed by atoms with van der Waals surface area (Å²) >= 11 is 0. The summed E-state index contributed by atoms with van der Waals surface area (Å²) < 4.78 is 26.3. The molecule has 0 atom stereocenters. The number of hydrogen-bond acceptors (Lipinski definition) is 3. The summed E-state index contributed by atoms with van der Waals surface area (Å²) in [5, 5.41) is 2.23. The maximum atomic E-state index is 13.2. The van der Waals surface area contributed by atoms with Crippen molar-refractivity contribution in [3.8, 4) is 0 Å². The molecule has 86 valence electrons. The van der Waals surface area contributed by atoms with Crippen molar-refractivity contribution in [3.63, 3.8) is 0 Å². The number of anilines is 1. The van der Waals surface area contributed by atoms with Crippen molar-refractivity contribution in [1.29, 1.82) is 0 Å². The SMILES string of the molecule is O=C(Nc1ccncc1F)c1cccnc1F. The molecule has 1 N–H and O–H groups in total. The van der Waals surface area contributed by atoms with Gasteiger partial charge in [0.1, 0.15) is 0 Å². The van der Waals surface area contributed by atoms with Gasteiger partial charge in [0.25, 0.3) is 5.91 Å². The minimum atomic E-state index is -0.903. The van der Waals surface area contributed by atoms with Gasteiger partial charge in [-0.25, -0.2) is 9.37 Å². The van der Waals surface area contributed by atoms with Gasteiger partial charge in [-0.2, -0.15) is 4.39 Å². The Hall–Kier alpha value is -2.37. The first-order chi connectivity index (χ1) is 8.18. The van der Waals surface area contributed by atoms with E-state index in [9.17, 15) is 13.6 Å². The summed E-state index contributed by atoms with van der Waals surface area (Å²) in [6.45, 7) is 0. The van der Waals surface area contributed by atoms with Gasteiger partial charge in [-0.05, 0) is 18.2 Å². The van der Waals surface area contributed by atoms with Crippen LogP contribution < -0.4 is 5.32 Å². The summed E-state index contributed by atoms with van der Waals surface area (Å²) in [4.78, 5) is 18.5. The Bertz CT molecular complexity index is 560. The van der Waals surface area contributed by atoms with Gasteiger partial charge in [0.2, 0.25) is 5.95 Å². The second kappa shape index (κ2) is 4.65. The largest absolute Gasteiger partial charge is 0.319 e. The second-order valence-corrected chi connectivity index (χ2v) is 3.15. The number of nitrogens with one attached hydrogen (secondary N) is 1. The minimum absolute atomic E-state index is 0.0618. The normalized spacial score (nSPS) is 10.0. The monoisotopic (exact) mass is 235 g/mol. The summed E-state index contributed by atoms with van der Waals surface area (Å²) in [6, 6.07) is 3.96. The van der Waals surface area contributed by atoms with Crippen molar-refractivity contribution in [2.75, 3.05) is 5.32 Å². The molecule has 2 aromatic rings. The number of aromatic nitrogens is 2. The average Bonchev–Trinajstić information content (AvgIpc) is 2.32. The molecule has 2 aromatic heterocycles. The summed E-state index contributed by atoms with van der Waals surface area (Å²) in [6.07, 6.45) is 3.49. The Morgan fingerprint density at radius 2 is 2.06 bits per heavy atom. The molecular weight excluding hydrogens is 228 g/mol. The molecule has 1 amide bonds. The van der Waals surface area contributed by atoms with Gasteiger partial charge in [-0.1, -0.05) is 0 Å². The fraction of sp³-hybridized carbons (Fsp3) is 0. The van der Waals surface area contributed by atoms with E-state index in [0.29, 0.717) is 0 Å². The predicted molar refractivity (Wildman–Crippen MR) is 56.3 cm³/mol. The topological polar surface area (TPSA) is 54.9 Å². The zero-order valence-corrected chi connectivity index (χ0v) is 8.52. The van der Waals surface area contributed by atoms with E-state index in [0.717, 1.165) is 6.20 Å². The lowest BCUT2D eigenvalue weighted by atomic mass is 10.2. The van der Waals surface area contributed by atoms with E-state index in [-0.39, 0.29) is 11.3 Å². The van der Waals surface area contributed by atoms with Gasteiger partial charge in [0.05, 0.1) is 17.4 Å². The standard InChI is InChI=1S/C11H7F2N3O/c12-8-6-14-5-3-9(8)16-11(17)7-2-1-4-15-10(7)13/h1-6H,(H,14,16,17). The molecular formula is C11H7F2N3O. The lowest BCUT2D eigenvalue weighted by Gasteiger charge is -2.05. The van der Waals surface area contributed by atoms with Crippen molar-refractivity contribution in [2.24, 2.45) is 0 Å². The molecule has 0 unspecified atom stereocenters. The van der Waals surface area contributed by atoms with Gasteiger partial charge >= 0.3 is 0 Å². The van der Waals surface area contributed by atoms with E-state index in [4.69, 9.17) is 0 Å². The molecule has 0 aromatic carbocycles. The molecule has 0 aliphatic carbocycles. The number of amides is 1. The molecule has 4 nitrogen and oxygen atoms in total. The van der Waals surface area contributed by atoms with Crippen LogP contribution in [0.1, 0.15) is 10.4 Å². The van der Waals surface area contributed by atoms with Crippen LogP contribution in [0.2, 0.25) is 0 Å². The van der Waals surface area contributed by atoms with Crippen LogP contribution >= 0.6 is 0 Å². The van der Waals surface area contributed by atoms with E-state index in [1.807, 2.05) is 0 Å². The van der Waals surface area contributed by atoms with Gasteiger partial charge in [-0.15, -0.1) is 0 Å². The average molecular weight is 235 g/mol.